The molecule has 122 valence electrons. The molecule has 1 saturated heterocycles. The fourth-order valence-electron chi connectivity index (χ4n) is 2.85. The first-order valence-corrected chi connectivity index (χ1v) is 8.26. The minimum absolute atomic E-state index is 0.0286. The van der Waals surface area contributed by atoms with Crippen molar-refractivity contribution in [2.45, 2.75) is 25.9 Å². The molecule has 23 heavy (non-hydrogen) atoms. The molecule has 0 spiro atoms. The molecule has 0 radical (unpaired) electrons. The van der Waals surface area contributed by atoms with Crippen molar-refractivity contribution >= 4 is 17.5 Å². The lowest BCUT2D eigenvalue weighted by Gasteiger charge is -2.36. The molecular formula is C17H21ClN4O. The normalized spacial score (nSPS) is 18.4. The molecule has 1 unspecified atom stereocenters. The SMILES string of the molecule is CC(C)n1ccc(C(=O)N2CCNCC2c2cccc(Cl)c2)n1. The predicted molar refractivity (Wildman–Crippen MR) is 90.7 cm³/mol. The van der Waals surface area contributed by atoms with Gasteiger partial charge in [0.1, 0.15) is 5.69 Å². The maximum atomic E-state index is 12.9. The van der Waals surface area contributed by atoms with E-state index in [-0.39, 0.29) is 18.0 Å². The number of rotatable bonds is 3. The van der Waals surface area contributed by atoms with Crippen LogP contribution in [0.1, 0.15) is 42.0 Å². The Morgan fingerprint density at radius 1 is 1.39 bits per heavy atom. The molecule has 1 atom stereocenters. The van der Waals surface area contributed by atoms with Crippen molar-refractivity contribution in [3.8, 4) is 0 Å². The van der Waals surface area contributed by atoms with E-state index < -0.39 is 0 Å². The average molecular weight is 333 g/mol. The molecule has 1 aromatic heterocycles. The summed E-state index contributed by atoms with van der Waals surface area (Å²) in [6.45, 7) is 6.25. The summed E-state index contributed by atoms with van der Waals surface area (Å²) in [5, 5.41) is 8.44. The second-order valence-corrected chi connectivity index (χ2v) is 6.48. The molecule has 3 rings (SSSR count). The van der Waals surface area contributed by atoms with Crippen molar-refractivity contribution in [1.29, 1.82) is 0 Å². The van der Waals surface area contributed by atoms with Gasteiger partial charge in [-0.1, -0.05) is 23.7 Å². The highest BCUT2D eigenvalue weighted by Crippen LogP contribution is 2.26. The van der Waals surface area contributed by atoms with Gasteiger partial charge in [0, 0.05) is 36.9 Å². The summed E-state index contributed by atoms with van der Waals surface area (Å²) in [5.74, 6) is -0.0316. The molecule has 1 amide bonds. The molecule has 1 fully saturated rings. The molecular weight excluding hydrogens is 312 g/mol. The first-order valence-electron chi connectivity index (χ1n) is 7.88. The number of carbonyl (C=O) groups is 1. The summed E-state index contributed by atoms with van der Waals surface area (Å²) in [6.07, 6.45) is 1.86. The van der Waals surface area contributed by atoms with E-state index in [2.05, 4.69) is 10.4 Å². The maximum absolute atomic E-state index is 12.9. The quantitative estimate of drug-likeness (QED) is 0.940. The summed E-state index contributed by atoms with van der Waals surface area (Å²) >= 11 is 6.11. The highest BCUT2D eigenvalue weighted by atomic mass is 35.5. The van der Waals surface area contributed by atoms with Gasteiger partial charge in [-0.05, 0) is 37.6 Å². The van der Waals surface area contributed by atoms with Gasteiger partial charge in [-0.3, -0.25) is 9.48 Å². The molecule has 0 bridgehead atoms. The second-order valence-electron chi connectivity index (χ2n) is 6.05. The fourth-order valence-corrected chi connectivity index (χ4v) is 3.04. The topological polar surface area (TPSA) is 50.2 Å². The third-order valence-electron chi connectivity index (χ3n) is 4.09. The lowest BCUT2D eigenvalue weighted by atomic mass is 10.0. The first kappa shape index (κ1) is 16.0. The molecule has 2 aromatic rings. The Morgan fingerprint density at radius 3 is 2.91 bits per heavy atom. The number of carbonyl (C=O) groups excluding carboxylic acids is 1. The average Bonchev–Trinajstić information content (AvgIpc) is 3.04. The third-order valence-corrected chi connectivity index (χ3v) is 4.33. The first-order chi connectivity index (χ1) is 11.1. The lowest BCUT2D eigenvalue weighted by Crippen LogP contribution is -2.48. The minimum Gasteiger partial charge on any atom is -0.328 e. The number of nitrogens with zero attached hydrogens (tertiary/aromatic N) is 3. The van der Waals surface area contributed by atoms with Gasteiger partial charge in [0.15, 0.2) is 0 Å². The number of hydrogen-bond donors (Lipinski definition) is 1. The highest BCUT2D eigenvalue weighted by Gasteiger charge is 2.29. The molecule has 6 heteroatoms. The van der Waals surface area contributed by atoms with Crippen LogP contribution in [0.4, 0.5) is 0 Å². The Hall–Kier alpha value is -1.85. The van der Waals surface area contributed by atoms with Crippen molar-refractivity contribution in [2.75, 3.05) is 19.6 Å². The number of hydrogen-bond acceptors (Lipinski definition) is 3. The third kappa shape index (κ3) is 3.41. The number of benzene rings is 1. The van der Waals surface area contributed by atoms with Gasteiger partial charge in [0.2, 0.25) is 0 Å². The molecule has 0 aliphatic carbocycles. The molecule has 0 saturated carbocycles. The minimum atomic E-state index is -0.0316. The Balaban J connectivity index is 1.87. The van der Waals surface area contributed by atoms with Gasteiger partial charge < -0.3 is 10.2 Å². The van der Waals surface area contributed by atoms with E-state index in [9.17, 15) is 4.79 Å². The van der Waals surface area contributed by atoms with E-state index in [1.54, 1.807) is 6.07 Å². The van der Waals surface area contributed by atoms with Crippen molar-refractivity contribution in [3.63, 3.8) is 0 Å². The Labute approximate surface area is 141 Å². The van der Waals surface area contributed by atoms with E-state index in [1.807, 2.05) is 53.9 Å². The van der Waals surface area contributed by atoms with Crippen LogP contribution >= 0.6 is 11.6 Å². The van der Waals surface area contributed by atoms with E-state index in [0.29, 0.717) is 17.3 Å². The zero-order chi connectivity index (χ0) is 16.4. The number of nitrogens with one attached hydrogen (secondary N) is 1. The molecule has 1 N–H and O–H groups in total. The number of amides is 1. The molecule has 5 nitrogen and oxygen atoms in total. The van der Waals surface area contributed by atoms with Crippen LogP contribution < -0.4 is 5.32 Å². The van der Waals surface area contributed by atoms with Gasteiger partial charge in [-0.25, -0.2) is 0 Å². The zero-order valence-electron chi connectivity index (χ0n) is 13.4. The summed E-state index contributed by atoms with van der Waals surface area (Å²) in [4.78, 5) is 14.8. The van der Waals surface area contributed by atoms with Gasteiger partial charge in [0.05, 0.1) is 6.04 Å². The van der Waals surface area contributed by atoms with Crippen LogP contribution in [0, 0.1) is 0 Å². The van der Waals surface area contributed by atoms with Gasteiger partial charge in [-0.15, -0.1) is 0 Å². The standard InChI is InChI=1S/C17H21ClN4O/c1-12(2)22-8-6-15(20-22)17(23)21-9-7-19-11-16(21)13-4-3-5-14(18)10-13/h3-6,8,10,12,16,19H,7,9,11H2,1-2H3. The molecule has 2 heterocycles. The van der Waals surface area contributed by atoms with E-state index >= 15 is 0 Å². The van der Waals surface area contributed by atoms with Crippen molar-refractivity contribution in [1.82, 2.24) is 20.0 Å². The van der Waals surface area contributed by atoms with Crippen molar-refractivity contribution < 1.29 is 4.79 Å². The van der Waals surface area contributed by atoms with E-state index in [1.165, 1.54) is 0 Å². The molecule has 1 aromatic carbocycles. The van der Waals surface area contributed by atoms with E-state index in [4.69, 9.17) is 11.6 Å². The van der Waals surface area contributed by atoms with Crippen molar-refractivity contribution in [2.24, 2.45) is 0 Å². The van der Waals surface area contributed by atoms with Crippen molar-refractivity contribution in [3.05, 3.63) is 52.8 Å². The monoisotopic (exact) mass is 332 g/mol. The largest absolute Gasteiger partial charge is 0.328 e. The summed E-state index contributed by atoms with van der Waals surface area (Å²) in [6, 6.07) is 9.70. The highest BCUT2D eigenvalue weighted by molar-refractivity contribution is 6.30. The van der Waals surface area contributed by atoms with Crippen LogP contribution in [-0.2, 0) is 0 Å². The van der Waals surface area contributed by atoms with Crippen LogP contribution in [0.15, 0.2) is 36.5 Å². The second kappa shape index (κ2) is 6.72. The molecule has 1 aliphatic rings. The summed E-state index contributed by atoms with van der Waals surface area (Å²) in [5.41, 5.74) is 1.54. The van der Waals surface area contributed by atoms with E-state index in [0.717, 1.165) is 18.7 Å². The predicted octanol–water partition coefficient (Wildman–Crippen LogP) is 2.90. The van der Waals surface area contributed by atoms with Crippen LogP contribution in [0.3, 0.4) is 0 Å². The van der Waals surface area contributed by atoms with Gasteiger partial charge in [-0.2, -0.15) is 5.10 Å². The number of piperazine rings is 1. The lowest BCUT2D eigenvalue weighted by molar-refractivity contribution is 0.0627. The summed E-state index contributed by atoms with van der Waals surface area (Å²) in [7, 11) is 0. The summed E-state index contributed by atoms with van der Waals surface area (Å²) < 4.78 is 1.81. The van der Waals surface area contributed by atoms with Gasteiger partial charge >= 0.3 is 0 Å². The smallest absolute Gasteiger partial charge is 0.274 e. The van der Waals surface area contributed by atoms with Crippen LogP contribution in [0.5, 0.6) is 0 Å². The Bertz CT molecular complexity index is 697. The fraction of sp³-hybridized carbons (Fsp3) is 0.412. The van der Waals surface area contributed by atoms with Crippen LogP contribution in [0.2, 0.25) is 5.02 Å². The Kier molecular flexibility index (Phi) is 4.68. The maximum Gasteiger partial charge on any atom is 0.274 e. The van der Waals surface area contributed by atoms with Gasteiger partial charge in [0.25, 0.3) is 5.91 Å². The van der Waals surface area contributed by atoms with Crippen LogP contribution in [-0.4, -0.2) is 40.2 Å². The number of aromatic nitrogens is 2. The van der Waals surface area contributed by atoms with Crippen LogP contribution in [0.25, 0.3) is 0 Å². The molecule has 1 aliphatic heterocycles. The zero-order valence-corrected chi connectivity index (χ0v) is 14.1. The number of halogens is 1. The Morgan fingerprint density at radius 2 is 2.22 bits per heavy atom.